The van der Waals surface area contributed by atoms with Crippen LogP contribution in [0.5, 0.6) is 0 Å². The Bertz CT molecular complexity index is 601. The number of hydrogen-bond donors (Lipinski definition) is 0. The number of aromatic nitrogens is 2. The first kappa shape index (κ1) is 14.5. The van der Waals surface area contributed by atoms with Gasteiger partial charge in [0.15, 0.2) is 0 Å². The van der Waals surface area contributed by atoms with Gasteiger partial charge in [0.1, 0.15) is 0 Å². The second-order valence-electron chi connectivity index (χ2n) is 5.19. The minimum absolute atomic E-state index is 0.646. The highest BCUT2D eigenvalue weighted by Crippen LogP contribution is 2.17. The van der Waals surface area contributed by atoms with E-state index >= 15 is 0 Å². The molecule has 1 heterocycles. The van der Waals surface area contributed by atoms with E-state index in [1.807, 2.05) is 26.1 Å². The Morgan fingerprint density at radius 1 is 1.40 bits per heavy atom. The van der Waals surface area contributed by atoms with Crippen LogP contribution in [0.15, 0.2) is 40.4 Å². The van der Waals surface area contributed by atoms with Crippen LogP contribution in [-0.4, -0.2) is 28.6 Å². The van der Waals surface area contributed by atoms with Gasteiger partial charge in [0.05, 0.1) is 6.54 Å². The van der Waals surface area contributed by atoms with Crippen molar-refractivity contribution in [3.8, 4) is 11.4 Å². The molecule has 0 saturated carbocycles. The van der Waals surface area contributed by atoms with E-state index < -0.39 is 0 Å². The van der Waals surface area contributed by atoms with Crippen molar-refractivity contribution in [3.63, 3.8) is 0 Å². The van der Waals surface area contributed by atoms with Crippen LogP contribution in [0.25, 0.3) is 11.4 Å². The fourth-order valence-corrected chi connectivity index (χ4v) is 2.02. The van der Waals surface area contributed by atoms with Gasteiger partial charge in [0, 0.05) is 12.1 Å². The van der Waals surface area contributed by atoms with Gasteiger partial charge in [-0.1, -0.05) is 40.6 Å². The van der Waals surface area contributed by atoms with Gasteiger partial charge in [-0.2, -0.15) is 4.98 Å². The highest BCUT2D eigenvalue weighted by atomic mass is 16.5. The van der Waals surface area contributed by atoms with Gasteiger partial charge in [-0.3, -0.25) is 4.90 Å². The second kappa shape index (κ2) is 6.48. The minimum atomic E-state index is 0.646. The predicted molar refractivity (Wildman–Crippen MR) is 80.2 cm³/mol. The summed E-state index contributed by atoms with van der Waals surface area (Å²) in [4.78, 5) is 6.61. The van der Waals surface area contributed by atoms with Crippen LogP contribution in [0.1, 0.15) is 25.3 Å². The molecule has 0 unspecified atom stereocenters. The van der Waals surface area contributed by atoms with Crippen LogP contribution >= 0.6 is 0 Å². The lowest BCUT2D eigenvalue weighted by Gasteiger charge is -2.13. The molecule has 0 aliphatic carbocycles. The van der Waals surface area contributed by atoms with Crippen molar-refractivity contribution < 1.29 is 4.52 Å². The molecule has 20 heavy (non-hydrogen) atoms. The Labute approximate surface area is 120 Å². The van der Waals surface area contributed by atoms with Gasteiger partial charge in [0.25, 0.3) is 0 Å². The van der Waals surface area contributed by atoms with Crippen LogP contribution in [0.3, 0.4) is 0 Å². The molecule has 0 atom stereocenters. The van der Waals surface area contributed by atoms with Crippen LogP contribution < -0.4 is 0 Å². The fraction of sp³-hybridized carbons (Fsp3) is 0.375. The zero-order valence-corrected chi connectivity index (χ0v) is 12.6. The van der Waals surface area contributed by atoms with Gasteiger partial charge in [-0.15, -0.1) is 0 Å². The van der Waals surface area contributed by atoms with E-state index in [1.165, 1.54) is 11.1 Å². The highest BCUT2D eigenvalue weighted by Gasteiger charge is 2.10. The molecule has 0 radical (unpaired) electrons. The van der Waals surface area contributed by atoms with Crippen molar-refractivity contribution in [1.29, 1.82) is 0 Å². The largest absolute Gasteiger partial charge is 0.338 e. The molecule has 4 heteroatoms. The first-order valence-corrected chi connectivity index (χ1v) is 6.78. The summed E-state index contributed by atoms with van der Waals surface area (Å²) in [6.07, 6.45) is 2.11. The third-order valence-corrected chi connectivity index (χ3v) is 3.16. The van der Waals surface area contributed by atoms with Gasteiger partial charge >= 0.3 is 0 Å². The standard InChI is InChI=1S/C16H21N3O/c1-5-12(2)10-19(4)11-15-17-16(18-20-15)14-8-6-7-13(3)9-14/h5-9H,10-11H2,1-4H3. The highest BCUT2D eigenvalue weighted by molar-refractivity contribution is 5.55. The number of hydrogen-bond acceptors (Lipinski definition) is 4. The van der Waals surface area contributed by atoms with E-state index in [0.717, 1.165) is 12.1 Å². The van der Waals surface area contributed by atoms with Crippen molar-refractivity contribution in [3.05, 3.63) is 47.4 Å². The van der Waals surface area contributed by atoms with Crippen molar-refractivity contribution in [2.75, 3.05) is 13.6 Å². The molecule has 4 nitrogen and oxygen atoms in total. The Morgan fingerprint density at radius 2 is 2.20 bits per heavy atom. The summed E-state index contributed by atoms with van der Waals surface area (Å²) in [7, 11) is 2.05. The number of aryl methyl sites for hydroxylation is 1. The molecule has 0 aliphatic rings. The predicted octanol–water partition coefficient (Wildman–Crippen LogP) is 3.44. The number of benzene rings is 1. The molecular formula is C16H21N3O. The van der Waals surface area contributed by atoms with Crippen molar-refractivity contribution in [1.82, 2.24) is 15.0 Å². The Balaban J connectivity index is 2.06. The van der Waals surface area contributed by atoms with Crippen LogP contribution in [0.4, 0.5) is 0 Å². The monoisotopic (exact) mass is 271 g/mol. The third-order valence-electron chi connectivity index (χ3n) is 3.16. The summed E-state index contributed by atoms with van der Waals surface area (Å²) >= 11 is 0. The van der Waals surface area contributed by atoms with E-state index in [9.17, 15) is 0 Å². The van der Waals surface area contributed by atoms with Crippen LogP contribution in [-0.2, 0) is 6.54 Å². The maximum atomic E-state index is 5.32. The number of allylic oxidation sites excluding steroid dienone is 1. The summed E-state index contributed by atoms with van der Waals surface area (Å²) in [5.74, 6) is 1.30. The maximum absolute atomic E-state index is 5.32. The lowest BCUT2D eigenvalue weighted by atomic mass is 10.1. The first-order chi connectivity index (χ1) is 9.58. The van der Waals surface area contributed by atoms with Crippen molar-refractivity contribution >= 4 is 0 Å². The van der Waals surface area contributed by atoms with E-state index in [-0.39, 0.29) is 0 Å². The molecule has 0 fully saturated rings. The van der Waals surface area contributed by atoms with Gasteiger partial charge < -0.3 is 4.52 Å². The first-order valence-electron chi connectivity index (χ1n) is 6.78. The molecule has 0 aliphatic heterocycles. The maximum Gasteiger partial charge on any atom is 0.241 e. The van der Waals surface area contributed by atoms with E-state index in [2.05, 4.69) is 47.1 Å². The molecule has 0 N–H and O–H groups in total. The average Bonchev–Trinajstić information content (AvgIpc) is 2.87. The van der Waals surface area contributed by atoms with Gasteiger partial charge in [0.2, 0.25) is 11.7 Å². The molecule has 1 aromatic heterocycles. The average molecular weight is 271 g/mol. The summed E-state index contributed by atoms with van der Waals surface area (Å²) in [5, 5.41) is 4.05. The Hall–Kier alpha value is -1.94. The third kappa shape index (κ3) is 3.78. The van der Waals surface area contributed by atoms with E-state index in [1.54, 1.807) is 0 Å². The van der Waals surface area contributed by atoms with Crippen molar-refractivity contribution in [2.45, 2.75) is 27.3 Å². The zero-order valence-electron chi connectivity index (χ0n) is 12.6. The molecule has 0 saturated heterocycles. The second-order valence-corrected chi connectivity index (χ2v) is 5.19. The summed E-state index contributed by atoms with van der Waals surface area (Å²) in [6.45, 7) is 7.77. The topological polar surface area (TPSA) is 42.2 Å². The van der Waals surface area contributed by atoms with Crippen LogP contribution in [0.2, 0.25) is 0 Å². The van der Waals surface area contributed by atoms with E-state index in [4.69, 9.17) is 4.52 Å². The number of likely N-dealkylation sites (N-methyl/N-ethyl adjacent to an activating group) is 1. The molecule has 0 amide bonds. The Morgan fingerprint density at radius 3 is 2.90 bits per heavy atom. The van der Waals surface area contributed by atoms with E-state index in [0.29, 0.717) is 18.3 Å². The van der Waals surface area contributed by atoms with Gasteiger partial charge in [-0.25, -0.2) is 0 Å². The summed E-state index contributed by atoms with van der Waals surface area (Å²) in [6, 6.07) is 8.11. The van der Waals surface area contributed by atoms with Crippen LogP contribution in [0, 0.1) is 6.92 Å². The molecule has 106 valence electrons. The minimum Gasteiger partial charge on any atom is -0.338 e. The lowest BCUT2D eigenvalue weighted by molar-refractivity contribution is 0.281. The SMILES string of the molecule is CC=C(C)CN(C)Cc1nc(-c2cccc(C)c2)no1. The zero-order chi connectivity index (χ0) is 14.5. The number of rotatable bonds is 5. The molecular weight excluding hydrogens is 250 g/mol. The molecule has 0 spiro atoms. The smallest absolute Gasteiger partial charge is 0.241 e. The molecule has 1 aromatic carbocycles. The summed E-state index contributed by atoms with van der Waals surface area (Å²) in [5.41, 5.74) is 3.51. The molecule has 2 rings (SSSR count). The lowest BCUT2D eigenvalue weighted by Crippen LogP contribution is -2.20. The van der Waals surface area contributed by atoms with Crippen molar-refractivity contribution in [2.24, 2.45) is 0 Å². The normalized spacial score (nSPS) is 12.2. The number of nitrogens with zero attached hydrogens (tertiary/aromatic N) is 3. The fourth-order valence-electron chi connectivity index (χ4n) is 2.02. The Kier molecular flexibility index (Phi) is 4.69. The van der Waals surface area contributed by atoms with Gasteiger partial charge in [-0.05, 0) is 33.9 Å². The molecule has 0 bridgehead atoms. The molecule has 2 aromatic rings. The summed E-state index contributed by atoms with van der Waals surface area (Å²) < 4.78 is 5.32. The quantitative estimate of drug-likeness (QED) is 0.781.